The Labute approximate surface area is 150 Å². The van der Waals surface area contributed by atoms with E-state index in [1.54, 1.807) is 0 Å². The fraction of sp³-hybridized carbons (Fsp3) is 0.682. The number of hydrogen-bond acceptors (Lipinski definition) is 2. The van der Waals surface area contributed by atoms with E-state index in [1.807, 2.05) is 25.2 Å². The number of hydrogen-bond donors (Lipinski definition) is 0. The molecular weight excluding hydrogens is 310 g/mol. The van der Waals surface area contributed by atoms with E-state index in [1.165, 1.54) is 44.1 Å². The maximum absolute atomic E-state index is 13.1. The van der Waals surface area contributed by atoms with E-state index < -0.39 is 0 Å². The van der Waals surface area contributed by atoms with Crippen molar-refractivity contribution in [3.8, 4) is 5.75 Å². The topological polar surface area (TPSA) is 29.5 Å². The summed E-state index contributed by atoms with van der Waals surface area (Å²) in [5, 5.41) is 0. The predicted octanol–water partition coefficient (Wildman–Crippen LogP) is 3.91. The van der Waals surface area contributed by atoms with Gasteiger partial charge in [0, 0.05) is 13.6 Å². The van der Waals surface area contributed by atoms with Crippen LogP contribution in [-0.2, 0) is 11.2 Å². The molecule has 4 bridgehead atoms. The second kappa shape index (κ2) is 5.75. The number of benzene rings is 1. The minimum Gasteiger partial charge on any atom is -0.492 e. The first kappa shape index (κ1) is 15.7. The van der Waals surface area contributed by atoms with E-state index in [4.69, 9.17) is 4.74 Å². The highest BCUT2D eigenvalue weighted by Crippen LogP contribution is 2.60. The number of para-hydroxylation sites is 1. The largest absolute Gasteiger partial charge is 0.492 e. The predicted molar refractivity (Wildman–Crippen MR) is 97.4 cm³/mol. The Morgan fingerprint density at radius 1 is 1.12 bits per heavy atom. The Hall–Kier alpha value is -1.51. The van der Waals surface area contributed by atoms with Crippen molar-refractivity contribution in [2.24, 2.45) is 29.1 Å². The number of fused-ring (bicyclic) bond motifs is 1. The van der Waals surface area contributed by atoms with Crippen LogP contribution in [0.1, 0.15) is 44.1 Å². The highest BCUT2D eigenvalue weighted by Gasteiger charge is 2.51. The van der Waals surface area contributed by atoms with Gasteiger partial charge in [-0.25, -0.2) is 0 Å². The normalized spacial score (nSPS) is 38.1. The molecule has 4 fully saturated rings. The summed E-state index contributed by atoms with van der Waals surface area (Å²) in [5.74, 6) is 4.05. The molecule has 5 aliphatic rings. The summed E-state index contributed by atoms with van der Waals surface area (Å²) in [6.45, 7) is 1.49. The molecule has 1 amide bonds. The Morgan fingerprint density at radius 2 is 1.76 bits per heavy atom. The number of rotatable bonds is 3. The molecule has 25 heavy (non-hydrogen) atoms. The van der Waals surface area contributed by atoms with Crippen LogP contribution in [0.15, 0.2) is 24.3 Å². The summed E-state index contributed by atoms with van der Waals surface area (Å²) in [6.07, 6.45) is 9.29. The summed E-state index contributed by atoms with van der Waals surface area (Å²) in [4.78, 5) is 15.1. The lowest BCUT2D eigenvalue weighted by Gasteiger charge is -2.57. The highest BCUT2D eigenvalue weighted by molar-refractivity contribution is 5.79. The summed E-state index contributed by atoms with van der Waals surface area (Å²) >= 11 is 0. The lowest BCUT2D eigenvalue weighted by molar-refractivity contribution is -0.140. The molecule has 1 aliphatic heterocycles. The molecular formula is C22H29NO2. The van der Waals surface area contributed by atoms with Gasteiger partial charge >= 0.3 is 0 Å². The molecule has 134 valence electrons. The number of nitrogens with zero attached hydrogens (tertiary/aromatic N) is 1. The van der Waals surface area contributed by atoms with Crippen LogP contribution >= 0.6 is 0 Å². The Morgan fingerprint density at radius 3 is 2.44 bits per heavy atom. The van der Waals surface area contributed by atoms with E-state index >= 15 is 0 Å². The van der Waals surface area contributed by atoms with Gasteiger partial charge in [0.2, 0.25) is 5.91 Å². The van der Waals surface area contributed by atoms with E-state index in [-0.39, 0.29) is 11.8 Å². The first-order valence-corrected chi connectivity index (χ1v) is 10.1. The maximum Gasteiger partial charge on any atom is 0.229 e. The van der Waals surface area contributed by atoms with Crippen molar-refractivity contribution in [3.63, 3.8) is 0 Å². The summed E-state index contributed by atoms with van der Waals surface area (Å²) in [6, 6.07) is 8.14. The molecule has 0 radical (unpaired) electrons. The molecule has 4 saturated carbocycles. The van der Waals surface area contributed by atoms with Crippen LogP contribution in [0.4, 0.5) is 0 Å². The number of carbonyl (C=O) groups excluding carboxylic acids is 1. The molecule has 1 aromatic carbocycles. The van der Waals surface area contributed by atoms with Gasteiger partial charge in [-0.1, -0.05) is 18.2 Å². The molecule has 6 rings (SSSR count). The Bertz CT molecular complexity index is 647. The standard InChI is InChI=1S/C22H29NO2/c1-23(14-22-10-15-6-16(11-22)8-17(7-15)12-22)21(24)19-9-18-4-2-3-5-20(18)25-13-19/h2-5,15-17,19H,6-14H2,1H3. The molecule has 0 N–H and O–H groups in total. The van der Waals surface area contributed by atoms with Crippen molar-refractivity contribution in [2.45, 2.75) is 44.9 Å². The third-order valence-corrected chi connectivity index (χ3v) is 7.34. The van der Waals surface area contributed by atoms with Crippen molar-refractivity contribution < 1.29 is 9.53 Å². The molecule has 4 aliphatic carbocycles. The second-order valence-corrected chi connectivity index (χ2v) is 9.43. The smallest absolute Gasteiger partial charge is 0.229 e. The molecule has 1 atom stereocenters. The number of ether oxygens (including phenoxy) is 1. The van der Waals surface area contributed by atoms with Gasteiger partial charge in [-0.15, -0.1) is 0 Å². The SMILES string of the molecule is CN(CC12CC3CC(CC(C3)C1)C2)C(=O)C1COc2ccccc2C1. The zero-order valence-corrected chi connectivity index (χ0v) is 15.2. The van der Waals surface area contributed by atoms with Crippen LogP contribution < -0.4 is 4.74 Å². The molecule has 0 saturated heterocycles. The quantitative estimate of drug-likeness (QED) is 0.835. The molecule has 1 unspecified atom stereocenters. The molecule has 1 heterocycles. The third-order valence-electron chi connectivity index (χ3n) is 7.34. The molecule has 0 spiro atoms. The van der Waals surface area contributed by atoms with Crippen molar-refractivity contribution in [1.29, 1.82) is 0 Å². The molecule has 0 aromatic heterocycles. The van der Waals surface area contributed by atoms with E-state index in [2.05, 4.69) is 11.0 Å². The van der Waals surface area contributed by atoms with Gasteiger partial charge < -0.3 is 9.64 Å². The summed E-state index contributed by atoms with van der Waals surface area (Å²) in [5.41, 5.74) is 1.60. The van der Waals surface area contributed by atoms with E-state index in [9.17, 15) is 4.79 Å². The number of amides is 1. The van der Waals surface area contributed by atoms with E-state index in [0.717, 1.165) is 36.5 Å². The fourth-order valence-corrected chi connectivity index (χ4v) is 6.86. The number of carbonyl (C=O) groups is 1. The molecule has 1 aromatic rings. The van der Waals surface area contributed by atoms with Crippen LogP contribution in [0.25, 0.3) is 0 Å². The lowest BCUT2D eigenvalue weighted by atomic mass is 9.49. The fourth-order valence-electron chi connectivity index (χ4n) is 6.86. The second-order valence-electron chi connectivity index (χ2n) is 9.43. The van der Waals surface area contributed by atoms with Crippen LogP contribution in [0, 0.1) is 29.1 Å². The zero-order valence-electron chi connectivity index (χ0n) is 15.2. The monoisotopic (exact) mass is 339 g/mol. The molecule has 3 nitrogen and oxygen atoms in total. The van der Waals surface area contributed by atoms with Crippen molar-refractivity contribution in [3.05, 3.63) is 29.8 Å². The average Bonchev–Trinajstić information content (AvgIpc) is 2.59. The van der Waals surface area contributed by atoms with E-state index in [0.29, 0.717) is 12.0 Å². The first-order valence-electron chi connectivity index (χ1n) is 10.1. The van der Waals surface area contributed by atoms with Crippen LogP contribution in [0.2, 0.25) is 0 Å². The third kappa shape index (κ3) is 2.76. The summed E-state index contributed by atoms with van der Waals surface area (Å²) < 4.78 is 5.85. The van der Waals surface area contributed by atoms with Crippen LogP contribution in [-0.4, -0.2) is 31.0 Å². The van der Waals surface area contributed by atoms with Crippen molar-refractivity contribution in [1.82, 2.24) is 4.90 Å². The summed E-state index contributed by atoms with van der Waals surface area (Å²) in [7, 11) is 2.03. The van der Waals surface area contributed by atoms with Gasteiger partial charge in [-0.05, 0) is 79.7 Å². The minimum atomic E-state index is -0.0196. The van der Waals surface area contributed by atoms with Crippen molar-refractivity contribution in [2.75, 3.05) is 20.2 Å². The van der Waals surface area contributed by atoms with Gasteiger partial charge in [0.1, 0.15) is 12.4 Å². The van der Waals surface area contributed by atoms with Gasteiger partial charge in [-0.2, -0.15) is 0 Å². The lowest BCUT2D eigenvalue weighted by Crippen LogP contribution is -2.52. The highest BCUT2D eigenvalue weighted by atomic mass is 16.5. The van der Waals surface area contributed by atoms with Gasteiger partial charge in [0.15, 0.2) is 0 Å². The van der Waals surface area contributed by atoms with Crippen LogP contribution in [0.3, 0.4) is 0 Å². The van der Waals surface area contributed by atoms with Crippen LogP contribution in [0.5, 0.6) is 5.75 Å². The molecule has 3 heteroatoms. The maximum atomic E-state index is 13.1. The zero-order chi connectivity index (χ0) is 17.0. The van der Waals surface area contributed by atoms with Crippen molar-refractivity contribution >= 4 is 5.91 Å². The van der Waals surface area contributed by atoms with Gasteiger partial charge in [-0.3, -0.25) is 4.79 Å². The first-order chi connectivity index (χ1) is 12.1. The van der Waals surface area contributed by atoms with Gasteiger partial charge in [0.05, 0.1) is 5.92 Å². The average molecular weight is 339 g/mol. The Kier molecular flexibility index (Phi) is 3.62. The Balaban J connectivity index is 1.27. The minimum absolute atomic E-state index is 0.0196. The van der Waals surface area contributed by atoms with Gasteiger partial charge in [0.25, 0.3) is 0 Å².